The van der Waals surface area contributed by atoms with Crippen molar-refractivity contribution in [2.24, 2.45) is 5.92 Å². The second-order valence-corrected chi connectivity index (χ2v) is 10.7. The van der Waals surface area contributed by atoms with E-state index in [1.165, 1.54) is 47.1 Å². The lowest BCUT2D eigenvalue weighted by Crippen LogP contribution is -3.00. The minimum absolute atomic E-state index is 0. The van der Waals surface area contributed by atoms with Crippen LogP contribution >= 0.6 is 0 Å². The fourth-order valence-corrected chi connectivity index (χ4v) is 7.62. The Labute approximate surface area is 221 Å². The van der Waals surface area contributed by atoms with Crippen LogP contribution < -0.4 is 21.9 Å². The van der Waals surface area contributed by atoms with Gasteiger partial charge < -0.3 is 26.4 Å². The number of hydrogen-bond acceptors (Lipinski definition) is 3. The molecule has 3 atom stereocenters. The summed E-state index contributed by atoms with van der Waals surface area (Å²) in [6, 6.07) is 29.7. The largest absolute Gasteiger partial charge is 1.00 e. The number of ether oxygens (including phenoxy) is 2. The van der Waals surface area contributed by atoms with Gasteiger partial charge in [0.15, 0.2) is 0 Å². The molecule has 3 aromatic rings. The zero-order valence-electron chi connectivity index (χ0n) is 21.4. The summed E-state index contributed by atoms with van der Waals surface area (Å²) in [6.07, 6.45) is 2.64. The molecule has 0 unspecified atom stereocenters. The van der Waals surface area contributed by atoms with Crippen LogP contribution in [0.5, 0.6) is 11.5 Å². The smallest absolute Gasteiger partial charge is 0.127 e. The molecule has 4 nitrogen and oxygen atoms in total. The van der Waals surface area contributed by atoms with Crippen LogP contribution in [0, 0.1) is 5.92 Å². The van der Waals surface area contributed by atoms with Gasteiger partial charge in [0.25, 0.3) is 0 Å². The van der Waals surface area contributed by atoms with Crippen molar-refractivity contribution >= 4 is 0 Å². The summed E-state index contributed by atoms with van der Waals surface area (Å²) >= 11 is 0. The number of benzene rings is 3. The van der Waals surface area contributed by atoms with Gasteiger partial charge in [0.1, 0.15) is 24.1 Å². The van der Waals surface area contributed by atoms with Crippen molar-refractivity contribution in [3.8, 4) is 11.5 Å². The molecule has 4 aliphatic heterocycles. The number of hydrogen-bond donors (Lipinski definition) is 0. The molecule has 0 N–H and O–H groups in total. The lowest BCUT2D eigenvalue weighted by molar-refractivity contribution is -0.979. The topological polar surface area (TPSA) is 21.7 Å². The molecule has 0 saturated carbocycles. The average Bonchev–Trinajstić information content (AvgIpc) is 3.32. The Morgan fingerprint density at radius 2 is 1.36 bits per heavy atom. The average molecular weight is 505 g/mol. The SMILES string of the molecule is COc1ccccc1CN1C[C@@H](c2ccccc2)[C@H]2[C@@H]1C1CC[N+]2(Cc2ccccc2OC)CC1.[Cl-]. The number of rotatable bonds is 7. The number of para-hydroxylation sites is 2. The van der Waals surface area contributed by atoms with E-state index in [4.69, 9.17) is 9.47 Å². The molecule has 4 aliphatic rings. The van der Waals surface area contributed by atoms with Crippen LogP contribution in [-0.4, -0.2) is 55.3 Å². The van der Waals surface area contributed by atoms with Crippen molar-refractivity contribution in [3.63, 3.8) is 0 Å². The minimum Gasteiger partial charge on any atom is -1.00 e. The molecule has 0 amide bonds. The summed E-state index contributed by atoms with van der Waals surface area (Å²) in [5.41, 5.74) is 4.15. The van der Waals surface area contributed by atoms with E-state index in [1.807, 2.05) is 0 Å². The zero-order chi connectivity index (χ0) is 23.8. The quantitative estimate of drug-likeness (QED) is 0.461. The molecule has 4 fully saturated rings. The van der Waals surface area contributed by atoms with Crippen molar-refractivity contribution in [1.29, 1.82) is 0 Å². The summed E-state index contributed by atoms with van der Waals surface area (Å²) in [4.78, 5) is 2.80. The third-order valence-corrected chi connectivity index (χ3v) is 9.09. The van der Waals surface area contributed by atoms with Crippen LogP contribution in [0.25, 0.3) is 0 Å². The number of fused-ring (bicyclic) bond motifs is 2. The van der Waals surface area contributed by atoms with Crippen molar-refractivity contribution in [1.82, 2.24) is 4.90 Å². The summed E-state index contributed by atoms with van der Waals surface area (Å²) in [6.45, 7) is 5.68. The predicted octanol–water partition coefficient (Wildman–Crippen LogP) is 2.49. The van der Waals surface area contributed by atoms with Gasteiger partial charge in [-0.15, -0.1) is 0 Å². The first kappa shape index (κ1) is 25.1. The van der Waals surface area contributed by atoms with Crippen molar-refractivity contribution in [3.05, 3.63) is 95.6 Å². The lowest BCUT2D eigenvalue weighted by Gasteiger charge is -2.58. The van der Waals surface area contributed by atoms with Crippen molar-refractivity contribution in [2.45, 2.75) is 43.9 Å². The molecule has 4 saturated heterocycles. The van der Waals surface area contributed by atoms with Crippen molar-refractivity contribution in [2.75, 3.05) is 33.9 Å². The Bertz CT molecular complexity index is 1160. The number of nitrogens with zero attached hydrogens (tertiary/aromatic N) is 2. The normalized spacial score (nSPS) is 28.8. The molecule has 5 heteroatoms. The second kappa shape index (κ2) is 10.5. The Hall–Kier alpha value is -2.53. The number of quaternary nitrogens is 1. The fourth-order valence-electron chi connectivity index (χ4n) is 7.62. The zero-order valence-corrected chi connectivity index (χ0v) is 22.1. The summed E-state index contributed by atoms with van der Waals surface area (Å²) in [5.74, 6) is 3.35. The van der Waals surface area contributed by atoms with Crippen LogP contribution in [0.3, 0.4) is 0 Å². The Balaban J connectivity index is 0.00000267. The van der Waals surface area contributed by atoms with Gasteiger partial charge in [0.05, 0.1) is 39.3 Å². The first-order valence-electron chi connectivity index (χ1n) is 13.1. The number of piperidine rings is 3. The van der Waals surface area contributed by atoms with E-state index >= 15 is 0 Å². The fraction of sp³-hybridized carbons (Fsp3) is 0.419. The van der Waals surface area contributed by atoms with Crippen LogP contribution in [0.4, 0.5) is 0 Å². The van der Waals surface area contributed by atoms with E-state index in [2.05, 4.69) is 83.8 Å². The lowest BCUT2D eigenvalue weighted by atomic mass is 9.72. The van der Waals surface area contributed by atoms with E-state index in [1.54, 1.807) is 14.2 Å². The molecular weight excluding hydrogens is 468 g/mol. The van der Waals surface area contributed by atoms with E-state index in [9.17, 15) is 0 Å². The van der Waals surface area contributed by atoms with Gasteiger partial charge in [-0.3, -0.25) is 4.90 Å². The van der Waals surface area contributed by atoms with Gasteiger partial charge in [-0.05, 0) is 29.7 Å². The maximum absolute atomic E-state index is 5.80. The van der Waals surface area contributed by atoms with Crippen LogP contribution in [0.2, 0.25) is 0 Å². The predicted molar refractivity (Wildman–Crippen MR) is 140 cm³/mol. The molecule has 0 aliphatic carbocycles. The van der Waals surface area contributed by atoms with Gasteiger partial charge in [-0.25, -0.2) is 0 Å². The van der Waals surface area contributed by atoms with Crippen LogP contribution in [0.1, 0.15) is 35.4 Å². The van der Waals surface area contributed by atoms with E-state index in [-0.39, 0.29) is 12.4 Å². The van der Waals surface area contributed by atoms with Gasteiger partial charge >= 0.3 is 0 Å². The number of halogens is 1. The molecule has 0 aromatic heterocycles. The Kier molecular flexibility index (Phi) is 7.30. The molecule has 3 aromatic carbocycles. The third kappa shape index (κ3) is 4.30. The molecule has 2 bridgehead atoms. The van der Waals surface area contributed by atoms with Gasteiger partial charge in [-0.1, -0.05) is 60.7 Å². The first-order chi connectivity index (χ1) is 17.2. The first-order valence-corrected chi connectivity index (χ1v) is 13.1. The molecule has 0 radical (unpaired) electrons. The van der Waals surface area contributed by atoms with E-state index < -0.39 is 0 Å². The molecule has 36 heavy (non-hydrogen) atoms. The van der Waals surface area contributed by atoms with Crippen LogP contribution in [-0.2, 0) is 13.1 Å². The van der Waals surface area contributed by atoms with E-state index in [0.717, 1.165) is 37.1 Å². The van der Waals surface area contributed by atoms with E-state index in [0.29, 0.717) is 18.0 Å². The molecule has 0 spiro atoms. The minimum atomic E-state index is 0. The number of methoxy groups -OCH3 is 2. The highest BCUT2D eigenvalue weighted by Gasteiger charge is 2.62. The van der Waals surface area contributed by atoms with Crippen LogP contribution in [0.15, 0.2) is 78.9 Å². The molecular formula is C31H37ClN2O2. The number of likely N-dealkylation sites (tertiary alicyclic amines) is 1. The summed E-state index contributed by atoms with van der Waals surface area (Å²) < 4.78 is 12.7. The maximum atomic E-state index is 5.80. The van der Waals surface area contributed by atoms with Crippen molar-refractivity contribution < 1.29 is 26.4 Å². The summed E-state index contributed by atoms with van der Waals surface area (Å²) in [7, 11) is 3.60. The molecule has 190 valence electrons. The highest BCUT2D eigenvalue weighted by Crippen LogP contribution is 2.52. The summed E-state index contributed by atoms with van der Waals surface area (Å²) in [5, 5.41) is 0. The molecule has 7 rings (SSSR count). The van der Waals surface area contributed by atoms with Gasteiger partial charge in [0, 0.05) is 37.1 Å². The highest BCUT2D eigenvalue weighted by molar-refractivity contribution is 5.35. The third-order valence-electron chi connectivity index (χ3n) is 9.09. The standard InChI is InChI=1S/C31H37N2O2.ClH/c1-34-28-14-8-6-12-25(28)20-32-21-27(23-10-4-3-5-11-23)31-30(32)24-16-18-33(31,19-17-24)22-26-13-7-9-15-29(26)35-2;/h3-15,24,27,30-31H,16-22H2,1-2H3;1H/q+1;/p-1/t24?,27-,30-,31-,33?;/m0./s1. The Morgan fingerprint density at radius 1 is 0.778 bits per heavy atom. The maximum Gasteiger partial charge on any atom is 0.127 e. The highest BCUT2D eigenvalue weighted by atomic mass is 35.5. The van der Waals surface area contributed by atoms with Gasteiger partial charge in [0.2, 0.25) is 0 Å². The Morgan fingerprint density at radius 3 is 2.03 bits per heavy atom. The second-order valence-electron chi connectivity index (χ2n) is 10.7. The van der Waals surface area contributed by atoms with Gasteiger partial charge in [-0.2, -0.15) is 0 Å². The molecule has 4 heterocycles. The monoisotopic (exact) mass is 504 g/mol.